The van der Waals surface area contributed by atoms with Crippen molar-refractivity contribution in [2.45, 2.75) is 5.92 Å². The largest absolute Gasteiger partial charge is 0.461 e. The van der Waals surface area contributed by atoms with Gasteiger partial charge in [0.05, 0.1) is 18.4 Å². The van der Waals surface area contributed by atoms with Crippen molar-refractivity contribution in [3.8, 4) is 11.6 Å². The van der Waals surface area contributed by atoms with Crippen LogP contribution in [0.5, 0.6) is 0 Å². The van der Waals surface area contributed by atoms with Gasteiger partial charge in [-0.05, 0) is 12.1 Å². The zero-order valence-corrected chi connectivity index (χ0v) is 11.4. The zero-order chi connectivity index (χ0) is 14.9. The van der Waals surface area contributed by atoms with Crippen molar-refractivity contribution in [3.05, 3.63) is 48.6 Å². The number of hydrogen-bond donors (Lipinski definition) is 0. The van der Waals surface area contributed by atoms with Crippen LogP contribution in [-0.4, -0.2) is 44.0 Å². The molecule has 0 unspecified atom stereocenters. The van der Waals surface area contributed by atoms with Crippen LogP contribution in [0, 0.1) is 0 Å². The highest BCUT2D eigenvalue weighted by Gasteiger charge is 2.36. The molecule has 110 valence electrons. The predicted molar refractivity (Wildman–Crippen MR) is 72.7 cm³/mol. The zero-order valence-electron chi connectivity index (χ0n) is 11.4. The van der Waals surface area contributed by atoms with Gasteiger partial charge in [0, 0.05) is 25.5 Å². The molecule has 22 heavy (non-hydrogen) atoms. The molecule has 1 fully saturated rings. The maximum Gasteiger partial charge on any atom is 0.274 e. The predicted octanol–water partition coefficient (Wildman–Crippen LogP) is 1.36. The van der Waals surface area contributed by atoms with Gasteiger partial charge in [-0.1, -0.05) is 5.16 Å². The first-order valence-electron chi connectivity index (χ1n) is 6.74. The molecule has 4 rings (SSSR count). The van der Waals surface area contributed by atoms with Gasteiger partial charge >= 0.3 is 0 Å². The molecule has 3 aromatic rings. The lowest BCUT2D eigenvalue weighted by atomic mass is 10.00. The summed E-state index contributed by atoms with van der Waals surface area (Å²) in [5.74, 6) is 1.38. The summed E-state index contributed by atoms with van der Waals surface area (Å²) in [4.78, 5) is 26.0. The van der Waals surface area contributed by atoms with E-state index in [9.17, 15) is 4.79 Å². The van der Waals surface area contributed by atoms with E-state index in [4.69, 9.17) is 8.94 Å². The monoisotopic (exact) mass is 297 g/mol. The summed E-state index contributed by atoms with van der Waals surface area (Å²) in [6.45, 7) is 1.05. The van der Waals surface area contributed by atoms with Gasteiger partial charge in [0.25, 0.3) is 5.91 Å². The molecule has 3 aromatic heterocycles. The Balaban J connectivity index is 1.42. The van der Waals surface area contributed by atoms with Crippen LogP contribution >= 0.6 is 0 Å². The van der Waals surface area contributed by atoms with Gasteiger partial charge in [-0.15, -0.1) is 0 Å². The molecule has 0 radical (unpaired) electrons. The Hall–Kier alpha value is -3.03. The SMILES string of the molecule is O=C(c1cnccn1)N1CC(c2nc(-c3ccco3)no2)C1. The van der Waals surface area contributed by atoms with Crippen LogP contribution < -0.4 is 0 Å². The standard InChI is InChI=1S/C14H11N5O3/c20-14(10-6-15-3-4-16-10)19-7-9(8-19)13-17-12(18-22-13)11-2-1-5-21-11/h1-6,9H,7-8H2. The molecule has 0 N–H and O–H groups in total. The quantitative estimate of drug-likeness (QED) is 0.719. The van der Waals surface area contributed by atoms with Crippen molar-refractivity contribution in [2.24, 2.45) is 0 Å². The Bertz CT molecular complexity index is 778. The Labute approximate surface area is 124 Å². The van der Waals surface area contributed by atoms with Crippen molar-refractivity contribution in [1.29, 1.82) is 0 Å². The van der Waals surface area contributed by atoms with Crippen LogP contribution in [-0.2, 0) is 0 Å². The third-order valence-electron chi connectivity index (χ3n) is 3.48. The van der Waals surface area contributed by atoms with Gasteiger partial charge in [0.2, 0.25) is 11.7 Å². The van der Waals surface area contributed by atoms with Crippen LogP contribution in [0.25, 0.3) is 11.6 Å². The fourth-order valence-corrected chi connectivity index (χ4v) is 2.28. The number of likely N-dealkylation sites (tertiary alicyclic amines) is 1. The van der Waals surface area contributed by atoms with Crippen LogP contribution in [0.2, 0.25) is 0 Å². The normalized spacial score (nSPS) is 14.8. The average molecular weight is 297 g/mol. The van der Waals surface area contributed by atoms with Crippen molar-refractivity contribution < 1.29 is 13.7 Å². The van der Waals surface area contributed by atoms with Gasteiger partial charge in [-0.3, -0.25) is 9.78 Å². The molecule has 1 aliphatic rings. The van der Waals surface area contributed by atoms with E-state index in [-0.39, 0.29) is 11.8 Å². The lowest BCUT2D eigenvalue weighted by molar-refractivity contribution is 0.0562. The average Bonchev–Trinajstić information content (AvgIpc) is 3.17. The molecule has 0 aromatic carbocycles. The van der Waals surface area contributed by atoms with E-state index in [0.717, 1.165) is 0 Å². The molecular formula is C14H11N5O3. The Morgan fingerprint density at radius 2 is 2.23 bits per heavy atom. The van der Waals surface area contributed by atoms with Crippen LogP contribution in [0.3, 0.4) is 0 Å². The second-order valence-electron chi connectivity index (χ2n) is 4.93. The van der Waals surface area contributed by atoms with E-state index >= 15 is 0 Å². The summed E-state index contributed by atoms with van der Waals surface area (Å²) >= 11 is 0. The number of aromatic nitrogens is 4. The number of amides is 1. The molecule has 1 amide bonds. The van der Waals surface area contributed by atoms with Crippen molar-refractivity contribution in [1.82, 2.24) is 25.0 Å². The van der Waals surface area contributed by atoms with E-state index in [1.165, 1.54) is 18.6 Å². The van der Waals surface area contributed by atoms with E-state index < -0.39 is 0 Å². The summed E-state index contributed by atoms with van der Waals surface area (Å²) in [5.41, 5.74) is 0.336. The fraction of sp³-hybridized carbons (Fsp3) is 0.214. The Morgan fingerprint density at radius 1 is 1.32 bits per heavy atom. The van der Waals surface area contributed by atoms with Crippen molar-refractivity contribution >= 4 is 5.91 Å². The third-order valence-corrected chi connectivity index (χ3v) is 3.48. The van der Waals surface area contributed by atoms with Gasteiger partial charge in [0.1, 0.15) is 5.69 Å². The smallest absolute Gasteiger partial charge is 0.274 e. The van der Waals surface area contributed by atoms with E-state index in [0.29, 0.717) is 36.3 Å². The molecule has 1 saturated heterocycles. The molecule has 8 heteroatoms. The van der Waals surface area contributed by atoms with Crippen LogP contribution in [0.1, 0.15) is 22.3 Å². The molecule has 0 spiro atoms. The molecule has 0 atom stereocenters. The lowest BCUT2D eigenvalue weighted by Gasteiger charge is -2.36. The number of rotatable bonds is 3. The summed E-state index contributed by atoms with van der Waals surface area (Å²) in [6.07, 6.45) is 6.04. The summed E-state index contributed by atoms with van der Waals surface area (Å²) in [7, 11) is 0. The molecule has 8 nitrogen and oxygen atoms in total. The topological polar surface area (TPSA) is 98.2 Å². The van der Waals surface area contributed by atoms with E-state index in [1.54, 1.807) is 23.3 Å². The van der Waals surface area contributed by atoms with Gasteiger partial charge in [0.15, 0.2) is 5.76 Å². The third kappa shape index (κ3) is 2.14. The minimum atomic E-state index is -0.143. The minimum Gasteiger partial charge on any atom is -0.461 e. The highest BCUT2D eigenvalue weighted by molar-refractivity contribution is 5.92. The number of nitrogens with zero attached hydrogens (tertiary/aromatic N) is 5. The number of carbonyl (C=O) groups is 1. The number of hydrogen-bond acceptors (Lipinski definition) is 7. The molecule has 0 aliphatic carbocycles. The minimum absolute atomic E-state index is 0.0387. The van der Waals surface area contributed by atoms with Crippen LogP contribution in [0.15, 0.2) is 45.9 Å². The van der Waals surface area contributed by atoms with Crippen molar-refractivity contribution in [2.75, 3.05) is 13.1 Å². The number of furan rings is 1. The van der Waals surface area contributed by atoms with Gasteiger partial charge < -0.3 is 13.8 Å². The lowest BCUT2D eigenvalue weighted by Crippen LogP contribution is -2.48. The molecule has 4 heterocycles. The second-order valence-corrected chi connectivity index (χ2v) is 4.93. The molecule has 1 aliphatic heterocycles. The van der Waals surface area contributed by atoms with Gasteiger partial charge in [-0.2, -0.15) is 4.98 Å². The summed E-state index contributed by atoms with van der Waals surface area (Å²) in [6, 6.07) is 3.52. The first kappa shape index (κ1) is 12.7. The van der Waals surface area contributed by atoms with E-state index in [1.807, 2.05) is 0 Å². The highest BCUT2D eigenvalue weighted by Crippen LogP contribution is 2.28. The van der Waals surface area contributed by atoms with Crippen LogP contribution in [0.4, 0.5) is 0 Å². The molecule has 0 bridgehead atoms. The Morgan fingerprint density at radius 3 is 2.95 bits per heavy atom. The number of carbonyl (C=O) groups excluding carboxylic acids is 1. The maximum absolute atomic E-state index is 12.1. The molecular weight excluding hydrogens is 286 g/mol. The Kier molecular flexibility index (Phi) is 2.92. The van der Waals surface area contributed by atoms with Gasteiger partial charge in [-0.25, -0.2) is 4.98 Å². The first-order valence-corrected chi connectivity index (χ1v) is 6.74. The second kappa shape index (κ2) is 5.06. The maximum atomic E-state index is 12.1. The highest BCUT2D eigenvalue weighted by atomic mass is 16.5. The molecule has 0 saturated carbocycles. The van der Waals surface area contributed by atoms with Crippen molar-refractivity contribution in [3.63, 3.8) is 0 Å². The first-order chi connectivity index (χ1) is 10.8. The van der Waals surface area contributed by atoms with E-state index in [2.05, 4.69) is 20.1 Å². The fourth-order valence-electron chi connectivity index (χ4n) is 2.28. The summed E-state index contributed by atoms with van der Waals surface area (Å²) < 4.78 is 10.5. The summed E-state index contributed by atoms with van der Waals surface area (Å²) in [5, 5.41) is 3.88.